The molecule has 0 fully saturated rings. The zero-order valence-corrected chi connectivity index (χ0v) is 63.2. The molecule has 3 unspecified atom stereocenters. The molecule has 0 aromatic rings. The third-order valence-electron chi connectivity index (χ3n) is 17.7. The summed E-state index contributed by atoms with van der Waals surface area (Å²) in [6, 6.07) is 0. The van der Waals surface area contributed by atoms with Crippen LogP contribution in [0.5, 0.6) is 0 Å². The molecule has 0 aromatic heterocycles. The maximum absolute atomic E-state index is 13.1. The summed E-state index contributed by atoms with van der Waals surface area (Å²) in [5, 5.41) is 10.6. The maximum atomic E-state index is 13.1. The van der Waals surface area contributed by atoms with Gasteiger partial charge in [-0.2, -0.15) is 0 Å². The second-order valence-corrected chi connectivity index (χ2v) is 31.1. The van der Waals surface area contributed by atoms with Crippen LogP contribution >= 0.6 is 15.6 Å². The van der Waals surface area contributed by atoms with Crippen LogP contribution in [0.1, 0.15) is 382 Å². The number of ether oxygens (including phenoxy) is 4. The lowest BCUT2D eigenvalue weighted by atomic mass is 9.99. The molecule has 0 spiro atoms. The third kappa shape index (κ3) is 67.3. The van der Waals surface area contributed by atoms with Crippen LogP contribution in [0.15, 0.2) is 0 Å². The second kappa shape index (κ2) is 65.7. The van der Waals surface area contributed by atoms with Gasteiger partial charge in [-0.15, -0.1) is 0 Å². The number of unbranched alkanes of at least 4 members (excludes halogenated alkanes) is 40. The molecular formula is C75H146O17P2. The first-order valence-corrected chi connectivity index (χ1v) is 41.9. The average Bonchev–Trinajstić information content (AvgIpc) is 1.74. The highest BCUT2D eigenvalue weighted by atomic mass is 31.2. The number of carbonyl (C=O) groups excluding carboxylic acids is 4. The van der Waals surface area contributed by atoms with E-state index in [0.29, 0.717) is 31.6 Å². The van der Waals surface area contributed by atoms with Gasteiger partial charge >= 0.3 is 39.5 Å². The van der Waals surface area contributed by atoms with Crippen molar-refractivity contribution in [3.63, 3.8) is 0 Å². The Morgan fingerprint density at radius 3 is 0.809 bits per heavy atom. The van der Waals surface area contributed by atoms with E-state index >= 15 is 0 Å². The van der Waals surface area contributed by atoms with E-state index in [0.717, 1.165) is 108 Å². The van der Waals surface area contributed by atoms with Crippen LogP contribution in [-0.2, 0) is 65.4 Å². The number of phosphoric ester groups is 2. The number of hydrogen-bond acceptors (Lipinski definition) is 15. The summed E-state index contributed by atoms with van der Waals surface area (Å²) in [5.74, 6) is 0.130. The summed E-state index contributed by atoms with van der Waals surface area (Å²) in [6.45, 7) is 11.8. The van der Waals surface area contributed by atoms with Gasteiger partial charge in [-0.1, -0.05) is 331 Å². The van der Waals surface area contributed by atoms with Crippen LogP contribution in [0.2, 0.25) is 0 Å². The minimum absolute atomic E-state index is 0.104. The third-order valence-corrected chi connectivity index (χ3v) is 19.6. The Bertz CT molecular complexity index is 1840. The van der Waals surface area contributed by atoms with Crippen LogP contribution in [0, 0.1) is 17.8 Å². The fourth-order valence-corrected chi connectivity index (χ4v) is 13.0. The van der Waals surface area contributed by atoms with Crippen molar-refractivity contribution in [2.75, 3.05) is 39.6 Å². The lowest BCUT2D eigenvalue weighted by Gasteiger charge is -2.21. The first-order valence-electron chi connectivity index (χ1n) is 38.9. The van der Waals surface area contributed by atoms with Crippen LogP contribution in [0.25, 0.3) is 0 Å². The van der Waals surface area contributed by atoms with Gasteiger partial charge in [0, 0.05) is 25.7 Å². The summed E-state index contributed by atoms with van der Waals surface area (Å²) in [5.41, 5.74) is 0. The van der Waals surface area contributed by atoms with Crippen molar-refractivity contribution in [3.8, 4) is 0 Å². The molecule has 0 saturated heterocycles. The molecule has 0 aliphatic rings. The SMILES string of the molecule is CCCCCCCCCCCCCCCCCCCCC(=O)O[C@H](COC(=O)CCCCCCCCCCCCC(C)CC)COP(=O)(O)OC[C@@H](O)COP(=O)(O)OC[C@@H](COC(=O)CCCCCCCCCC(C)C)OC(=O)CCCCCCCCCCCC(C)C. The van der Waals surface area contributed by atoms with Crippen LogP contribution in [-0.4, -0.2) is 96.7 Å². The predicted molar refractivity (Wildman–Crippen MR) is 381 cm³/mol. The van der Waals surface area contributed by atoms with Gasteiger partial charge in [-0.3, -0.25) is 37.3 Å². The molecule has 0 aliphatic heterocycles. The number of esters is 4. The standard InChI is InChI=1S/C75H146O17P2/c1-8-10-11-12-13-14-15-16-17-18-19-20-21-22-29-36-44-51-58-74(79)91-70(62-85-72(77)56-49-42-35-28-24-23-27-34-41-48-55-68(7)9-2)64-89-93(81,82)87-60-69(76)61-88-94(83,84)90-65-71(63-86-73(78)57-50-43-38-31-33-40-47-54-67(5)6)92-75(80)59-52-45-37-30-25-26-32-39-46-53-66(3)4/h66-71,76H,8-65H2,1-7H3,(H,81,82)(H,83,84)/t68?,69-,70-,71-/m1/s1. The van der Waals surface area contributed by atoms with Gasteiger partial charge in [0.1, 0.15) is 19.3 Å². The minimum atomic E-state index is -4.96. The first kappa shape index (κ1) is 92.1. The van der Waals surface area contributed by atoms with Gasteiger partial charge in [0.05, 0.1) is 26.4 Å². The molecule has 17 nitrogen and oxygen atoms in total. The molecule has 19 heteroatoms. The number of hydrogen-bond donors (Lipinski definition) is 3. The van der Waals surface area contributed by atoms with Crippen molar-refractivity contribution in [2.45, 2.75) is 401 Å². The highest BCUT2D eigenvalue weighted by Crippen LogP contribution is 2.45. The fraction of sp³-hybridized carbons (Fsp3) is 0.947. The molecule has 6 atom stereocenters. The number of aliphatic hydroxyl groups is 1. The summed E-state index contributed by atoms with van der Waals surface area (Å²) < 4.78 is 68.5. The molecular weight excluding hydrogens is 1230 g/mol. The van der Waals surface area contributed by atoms with E-state index in [1.54, 1.807) is 0 Å². The predicted octanol–water partition coefficient (Wildman–Crippen LogP) is 21.8. The monoisotopic (exact) mass is 1380 g/mol. The summed E-state index contributed by atoms with van der Waals surface area (Å²) in [4.78, 5) is 72.8. The molecule has 94 heavy (non-hydrogen) atoms. The molecule has 0 saturated carbocycles. The molecule has 0 radical (unpaired) electrons. The van der Waals surface area contributed by atoms with E-state index in [1.807, 2.05) is 0 Å². The van der Waals surface area contributed by atoms with E-state index in [9.17, 15) is 43.2 Å². The van der Waals surface area contributed by atoms with Crippen LogP contribution in [0.3, 0.4) is 0 Å². The van der Waals surface area contributed by atoms with Crippen molar-refractivity contribution >= 4 is 39.5 Å². The molecule has 3 N–H and O–H groups in total. The Kier molecular flexibility index (Phi) is 64.3. The maximum Gasteiger partial charge on any atom is 0.472 e. The highest BCUT2D eigenvalue weighted by Gasteiger charge is 2.30. The van der Waals surface area contributed by atoms with Crippen LogP contribution in [0.4, 0.5) is 0 Å². The normalized spacial score (nSPS) is 14.4. The topological polar surface area (TPSA) is 237 Å². The Hall–Kier alpha value is -1.94. The van der Waals surface area contributed by atoms with Gasteiger partial charge in [-0.25, -0.2) is 9.13 Å². The zero-order valence-electron chi connectivity index (χ0n) is 61.4. The van der Waals surface area contributed by atoms with E-state index in [4.69, 9.17) is 37.0 Å². The smallest absolute Gasteiger partial charge is 0.462 e. The number of carbonyl (C=O) groups is 4. The molecule has 0 aromatic carbocycles. The van der Waals surface area contributed by atoms with Crippen molar-refractivity contribution in [2.24, 2.45) is 17.8 Å². The zero-order chi connectivity index (χ0) is 69.4. The lowest BCUT2D eigenvalue weighted by molar-refractivity contribution is -0.161. The van der Waals surface area contributed by atoms with Crippen LogP contribution < -0.4 is 0 Å². The van der Waals surface area contributed by atoms with Crippen molar-refractivity contribution in [3.05, 3.63) is 0 Å². The van der Waals surface area contributed by atoms with Gasteiger partial charge in [0.2, 0.25) is 0 Å². The molecule has 0 rings (SSSR count). The first-order chi connectivity index (χ1) is 45.3. The largest absolute Gasteiger partial charge is 0.472 e. The van der Waals surface area contributed by atoms with E-state index in [-0.39, 0.29) is 25.7 Å². The highest BCUT2D eigenvalue weighted by molar-refractivity contribution is 7.47. The Balaban J connectivity index is 5.25. The molecule has 0 heterocycles. The fourth-order valence-electron chi connectivity index (χ4n) is 11.4. The lowest BCUT2D eigenvalue weighted by Crippen LogP contribution is -2.30. The van der Waals surface area contributed by atoms with Gasteiger partial charge in [0.15, 0.2) is 12.2 Å². The van der Waals surface area contributed by atoms with Gasteiger partial charge in [0.25, 0.3) is 0 Å². The molecule has 0 aliphatic carbocycles. The van der Waals surface area contributed by atoms with Crippen molar-refractivity contribution < 1.29 is 80.2 Å². The van der Waals surface area contributed by atoms with Crippen molar-refractivity contribution in [1.29, 1.82) is 0 Å². The average molecular weight is 1380 g/mol. The Labute approximate surface area is 575 Å². The van der Waals surface area contributed by atoms with Crippen molar-refractivity contribution in [1.82, 2.24) is 0 Å². The summed E-state index contributed by atoms with van der Waals surface area (Å²) >= 11 is 0. The molecule has 558 valence electrons. The van der Waals surface area contributed by atoms with Gasteiger partial charge in [-0.05, 0) is 43.4 Å². The Morgan fingerprint density at radius 1 is 0.309 bits per heavy atom. The summed E-state index contributed by atoms with van der Waals surface area (Å²) in [7, 11) is -9.91. The number of aliphatic hydroxyl groups excluding tert-OH is 1. The molecule has 0 bridgehead atoms. The molecule has 0 amide bonds. The van der Waals surface area contributed by atoms with E-state index in [2.05, 4.69) is 48.5 Å². The van der Waals surface area contributed by atoms with E-state index in [1.165, 1.54) is 186 Å². The Morgan fingerprint density at radius 2 is 0.543 bits per heavy atom. The minimum Gasteiger partial charge on any atom is -0.462 e. The second-order valence-electron chi connectivity index (χ2n) is 28.2. The van der Waals surface area contributed by atoms with E-state index < -0.39 is 97.5 Å². The summed E-state index contributed by atoms with van der Waals surface area (Å²) in [6.07, 6.45) is 51.4. The van der Waals surface area contributed by atoms with Gasteiger partial charge < -0.3 is 33.8 Å². The quantitative estimate of drug-likeness (QED) is 0.0222. The number of rotatable bonds is 73. The number of phosphoric acid groups is 2.